The van der Waals surface area contributed by atoms with Crippen LogP contribution in [0.15, 0.2) is 0 Å². The van der Waals surface area contributed by atoms with E-state index in [2.05, 4.69) is 19.2 Å². The van der Waals surface area contributed by atoms with E-state index in [1.807, 2.05) is 6.92 Å². The number of nitrogens with one attached hydrogen (secondary N) is 1. The number of amides is 1. The quantitative estimate of drug-likeness (QED) is 0.542. The van der Waals surface area contributed by atoms with Crippen LogP contribution in [0.25, 0.3) is 0 Å². The van der Waals surface area contributed by atoms with Crippen LogP contribution < -0.4 is 11.1 Å². The Labute approximate surface area is 122 Å². The summed E-state index contributed by atoms with van der Waals surface area (Å²) in [5, 5.41) is 11.7. The number of carbonyl (C=O) groups excluding carboxylic acids is 1. The highest BCUT2D eigenvalue weighted by atomic mass is 16.4. The third-order valence-electron chi connectivity index (χ3n) is 3.65. The average Bonchev–Trinajstić information content (AvgIpc) is 2.33. The van der Waals surface area contributed by atoms with E-state index in [0.29, 0.717) is 31.2 Å². The summed E-state index contributed by atoms with van der Waals surface area (Å²) in [7, 11) is 0. The van der Waals surface area contributed by atoms with Gasteiger partial charge in [0.25, 0.3) is 0 Å². The third kappa shape index (κ3) is 8.91. The molecule has 0 rings (SSSR count). The Morgan fingerprint density at radius 1 is 1.20 bits per heavy atom. The van der Waals surface area contributed by atoms with Crippen molar-refractivity contribution in [2.45, 2.75) is 65.3 Å². The second kappa shape index (κ2) is 10.7. The van der Waals surface area contributed by atoms with Crippen molar-refractivity contribution in [2.75, 3.05) is 6.54 Å². The minimum absolute atomic E-state index is 0.00398. The summed E-state index contributed by atoms with van der Waals surface area (Å²) in [6, 6.07) is -0.253. The molecule has 118 valence electrons. The van der Waals surface area contributed by atoms with E-state index < -0.39 is 5.97 Å². The molecule has 20 heavy (non-hydrogen) atoms. The van der Waals surface area contributed by atoms with Gasteiger partial charge in [0.1, 0.15) is 0 Å². The lowest BCUT2D eigenvalue weighted by Crippen LogP contribution is -2.36. The van der Waals surface area contributed by atoms with Crippen molar-refractivity contribution >= 4 is 11.9 Å². The zero-order chi connectivity index (χ0) is 15.5. The first-order chi connectivity index (χ1) is 9.40. The van der Waals surface area contributed by atoms with Crippen LogP contribution in [0.2, 0.25) is 0 Å². The predicted octanol–water partition coefficient (Wildman–Crippen LogP) is 2.15. The monoisotopic (exact) mass is 286 g/mol. The van der Waals surface area contributed by atoms with Crippen molar-refractivity contribution in [1.82, 2.24) is 5.32 Å². The number of hydrogen-bond donors (Lipinski definition) is 3. The number of hydrogen-bond acceptors (Lipinski definition) is 3. The first-order valence-corrected chi connectivity index (χ1v) is 7.61. The van der Waals surface area contributed by atoms with Gasteiger partial charge >= 0.3 is 5.97 Å². The van der Waals surface area contributed by atoms with Gasteiger partial charge in [-0.15, -0.1) is 0 Å². The molecule has 0 heterocycles. The zero-order valence-electron chi connectivity index (χ0n) is 13.0. The lowest BCUT2D eigenvalue weighted by Gasteiger charge is -2.21. The molecule has 0 aliphatic heterocycles. The Morgan fingerprint density at radius 2 is 1.85 bits per heavy atom. The van der Waals surface area contributed by atoms with E-state index in [1.54, 1.807) is 0 Å². The Morgan fingerprint density at radius 3 is 2.30 bits per heavy atom. The fourth-order valence-electron chi connectivity index (χ4n) is 2.43. The van der Waals surface area contributed by atoms with Crippen molar-refractivity contribution in [3.63, 3.8) is 0 Å². The van der Waals surface area contributed by atoms with Gasteiger partial charge in [-0.25, -0.2) is 0 Å². The third-order valence-corrected chi connectivity index (χ3v) is 3.65. The van der Waals surface area contributed by atoms with Gasteiger partial charge in [0, 0.05) is 12.5 Å². The number of rotatable bonds is 11. The molecule has 0 aliphatic rings. The molecule has 5 nitrogen and oxygen atoms in total. The maximum absolute atomic E-state index is 11.9. The van der Waals surface area contributed by atoms with Crippen LogP contribution in [0.3, 0.4) is 0 Å². The molecule has 0 saturated carbocycles. The average molecular weight is 286 g/mol. The lowest BCUT2D eigenvalue weighted by molar-refractivity contribution is -0.137. The number of carboxylic acid groups (broad SMARTS) is 1. The fraction of sp³-hybridized carbons (Fsp3) is 0.867. The number of carboxylic acids is 1. The van der Waals surface area contributed by atoms with Crippen molar-refractivity contribution in [2.24, 2.45) is 17.6 Å². The molecule has 0 saturated heterocycles. The molecule has 0 fully saturated rings. The second-order valence-electron chi connectivity index (χ2n) is 5.77. The first-order valence-electron chi connectivity index (χ1n) is 7.61. The maximum Gasteiger partial charge on any atom is 0.305 e. The van der Waals surface area contributed by atoms with E-state index in [4.69, 9.17) is 10.8 Å². The predicted molar refractivity (Wildman–Crippen MR) is 80.3 cm³/mol. The van der Waals surface area contributed by atoms with Gasteiger partial charge < -0.3 is 16.2 Å². The van der Waals surface area contributed by atoms with Gasteiger partial charge in [-0.2, -0.15) is 0 Å². The van der Waals surface area contributed by atoms with E-state index in [0.717, 1.165) is 19.3 Å². The highest BCUT2D eigenvalue weighted by molar-refractivity contribution is 5.77. The maximum atomic E-state index is 11.9. The molecule has 5 heteroatoms. The summed E-state index contributed by atoms with van der Waals surface area (Å²) < 4.78 is 0. The highest BCUT2D eigenvalue weighted by Crippen LogP contribution is 2.20. The summed E-state index contributed by atoms with van der Waals surface area (Å²) in [6.07, 6.45) is 3.75. The molecule has 2 atom stereocenters. The molecule has 1 amide bonds. The minimum Gasteiger partial charge on any atom is -0.481 e. The second-order valence-corrected chi connectivity index (χ2v) is 5.77. The largest absolute Gasteiger partial charge is 0.481 e. The summed E-state index contributed by atoms with van der Waals surface area (Å²) in [5.74, 6) is 0.0472. The Bertz CT molecular complexity index is 293. The van der Waals surface area contributed by atoms with Crippen molar-refractivity contribution < 1.29 is 14.7 Å². The lowest BCUT2D eigenvalue weighted by atomic mass is 9.88. The molecule has 0 radical (unpaired) electrons. The fourth-order valence-corrected chi connectivity index (χ4v) is 2.43. The van der Waals surface area contributed by atoms with Crippen molar-refractivity contribution in [3.8, 4) is 0 Å². The van der Waals surface area contributed by atoms with Crippen LogP contribution in [0.5, 0.6) is 0 Å². The Kier molecular flexibility index (Phi) is 10.1. The number of aliphatic carboxylic acids is 1. The van der Waals surface area contributed by atoms with Gasteiger partial charge in [0.05, 0.1) is 6.42 Å². The molecule has 0 spiro atoms. The minimum atomic E-state index is -0.869. The van der Waals surface area contributed by atoms with Crippen molar-refractivity contribution in [1.29, 1.82) is 0 Å². The summed E-state index contributed by atoms with van der Waals surface area (Å²) in [6.45, 7) is 6.91. The van der Waals surface area contributed by atoms with E-state index in [-0.39, 0.29) is 18.4 Å². The molecule has 0 aromatic rings. The van der Waals surface area contributed by atoms with Gasteiger partial charge in [-0.1, -0.05) is 27.2 Å². The summed E-state index contributed by atoms with van der Waals surface area (Å²) in [5.41, 5.74) is 5.58. The molecule has 2 unspecified atom stereocenters. The van der Waals surface area contributed by atoms with Crippen LogP contribution in [0.4, 0.5) is 0 Å². The SMILES string of the molecule is CCCC(CC(=O)O)NC(=O)CCC(CCN)C(C)C. The molecular formula is C15H30N2O3. The van der Waals surface area contributed by atoms with Crippen LogP contribution in [-0.2, 0) is 9.59 Å². The van der Waals surface area contributed by atoms with Gasteiger partial charge in [-0.3, -0.25) is 9.59 Å². The highest BCUT2D eigenvalue weighted by Gasteiger charge is 2.18. The Hall–Kier alpha value is -1.10. The number of nitrogens with two attached hydrogens (primary N) is 1. The van der Waals surface area contributed by atoms with Crippen LogP contribution >= 0.6 is 0 Å². The van der Waals surface area contributed by atoms with E-state index in [9.17, 15) is 9.59 Å². The van der Waals surface area contributed by atoms with Gasteiger partial charge in [0.2, 0.25) is 5.91 Å². The first kappa shape index (κ1) is 18.9. The molecular weight excluding hydrogens is 256 g/mol. The van der Waals surface area contributed by atoms with Gasteiger partial charge in [0.15, 0.2) is 0 Å². The summed E-state index contributed by atoms with van der Waals surface area (Å²) in [4.78, 5) is 22.6. The molecule has 0 aromatic carbocycles. The molecule has 4 N–H and O–H groups in total. The smallest absolute Gasteiger partial charge is 0.305 e. The number of carbonyl (C=O) groups is 2. The molecule has 0 bridgehead atoms. The standard InChI is InChI=1S/C15H30N2O3/c1-4-5-13(10-15(19)20)17-14(18)7-6-12(8-9-16)11(2)3/h11-13H,4-10,16H2,1-3H3,(H,17,18)(H,19,20). The van der Waals surface area contributed by atoms with Crippen LogP contribution in [0.1, 0.15) is 59.3 Å². The van der Waals surface area contributed by atoms with Crippen LogP contribution in [0, 0.1) is 11.8 Å². The topological polar surface area (TPSA) is 92.4 Å². The van der Waals surface area contributed by atoms with Crippen molar-refractivity contribution in [3.05, 3.63) is 0 Å². The molecule has 0 aliphatic carbocycles. The molecule has 0 aromatic heterocycles. The zero-order valence-corrected chi connectivity index (χ0v) is 13.0. The van der Waals surface area contributed by atoms with E-state index in [1.165, 1.54) is 0 Å². The summed E-state index contributed by atoms with van der Waals surface area (Å²) >= 11 is 0. The Balaban J connectivity index is 4.20. The van der Waals surface area contributed by atoms with Gasteiger partial charge in [-0.05, 0) is 37.6 Å². The normalized spacial score (nSPS) is 14.1. The van der Waals surface area contributed by atoms with Crippen LogP contribution in [-0.4, -0.2) is 29.6 Å². The van der Waals surface area contributed by atoms with E-state index >= 15 is 0 Å².